The summed E-state index contributed by atoms with van der Waals surface area (Å²) in [5.41, 5.74) is 8.56. The Morgan fingerprint density at radius 2 is 2.17 bits per heavy atom. The second-order valence-electron chi connectivity index (χ2n) is 7.14. The van der Waals surface area contributed by atoms with E-state index in [9.17, 15) is 0 Å². The van der Waals surface area contributed by atoms with Gasteiger partial charge >= 0.3 is 0 Å². The molecule has 1 atom stereocenters. The zero-order valence-electron chi connectivity index (χ0n) is 15.6. The van der Waals surface area contributed by atoms with Crippen LogP contribution in [0.25, 0.3) is 22.4 Å². The molecule has 4 aromatic rings. The molecule has 0 aliphatic heterocycles. The molecule has 0 saturated heterocycles. The summed E-state index contributed by atoms with van der Waals surface area (Å²) in [6, 6.07) is 1.75. The van der Waals surface area contributed by atoms with Crippen molar-refractivity contribution >= 4 is 16.9 Å². The number of hydrogen-bond acceptors (Lipinski definition) is 9. The third-order valence-electron chi connectivity index (χ3n) is 5.00. The first-order valence-electron chi connectivity index (χ1n) is 9.25. The molecule has 0 amide bonds. The van der Waals surface area contributed by atoms with Crippen LogP contribution in [0, 0.1) is 17.2 Å². The molecule has 11 nitrogen and oxygen atoms in total. The topological polar surface area (TPSA) is 150 Å². The Morgan fingerprint density at radius 3 is 2.97 bits per heavy atom. The first kappa shape index (κ1) is 17.2. The molecular weight excluding hydrogens is 370 g/mol. The summed E-state index contributed by atoms with van der Waals surface area (Å²) in [6.07, 6.45) is 8.76. The highest BCUT2D eigenvalue weighted by Crippen LogP contribution is 2.32. The fraction of sp³-hybridized carbons (Fsp3) is 0.333. The summed E-state index contributed by atoms with van der Waals surface area (Å²) in [6.45, 7) is 2.86. The number of anilines is 1. The number of rotatable bonds is 5. The summed E-state index contributed by atoms with van der Waals surface area (Å²) >= 11 is 0. The van der Waals surface area contributed by atoms with Gasteiger partial charge in [0, 0.05) is 6.54 Å². The molecule has 4 aromatic heterocycles. The molecule has 4 heterocycles. The first-order chi connectivity index (χ1) is 14.1. The van der Waals surface area contributed by atoms with Gasteiger partial charge in [-0.1, -0.05) is 5.21 Å². The van der Waals surface area contributed by atoms with Crippen LogP contribution in [0.2, 0.25) is 0 Å². The first-order valence-corrected chi connectivity index (χ1v) is 9.25. The van der Waals surface area contributed by atoms with Crippen LogP contribution in [-0.4, -0.2) is 44.7 Å². The Kier molecular flexibility index (Phi) is 3.90. The Hall–Kier alpha value is -3.94. The smallest absolute Gasteiger partial charge is 0.164 e. The molecule has 11 heteroatoms. The van der Waals surface area contributed by atoms with Crippen molar-refractivity contribution in [3.63, 3.8) is 0 Å². The van der Waals surface area contributed by atoms with Crippen LogP contribution in [0.4, 0.5) is 5.82 Å². The van der Waals surface area contributed by atoms with E-state index in [1.54, 1.807) is 4.68 Å². The molecule has 1 saturated carbocycles. The molecule has 1 fully saturated rings. The molecule has 0 radical (unpaired) electrons. The molecule has 0 spiro atoms. The van der Waals surface area contributed by atoms with Crippen molar-refractivity contribution in [2.24, 2.45) is 5.92 Å². The fourth-order valence-electron chi connectivity index (χ4n) is 3.26. The zero-order chi connectivity index (χ0) is 20.0. The Morgan fingerprint density at radius 1 is 1.31 bits per heavy atom. The molecule has 0 aromatic carbocycles. The van der Waals surface area contributed by atoms with E-state index in [4.69, 9.17) is 16.1 Å². The van der Waals surface area contributed by atoms with Crippen LogP contribution in [0.5, 0.6) is 0 Å². The zero-order valence-corrected chi connectivity index (χ0v) is 15.6. The monoisotopic (exact) mass is 387 g/mol. The Bertz CT molecular complexity index is 1240. The molecule has 1 aliphatic carbocycles. The van der Waals surface area contributed by atoms with Crippen LogP contribution in [0.3, 0.4) is 0 Å². The average Bonchev–Trinajstić information content (AvgIpc) is 3.27. The van der Waals surface area contributed by atoms with E-state index in [0.29, 0.717) is 28.3 Å². The number of nitriles is 1. The lowest BCUT2D eigenvalue weighted by molar-refractivity contribution is 0.543. The van der Waals surface area contributed by atoms with Gasteiger partial charge in [0.1, 0.15) is 35.3 Å². The SMILES string of the molecule is CC(c1cn(CC2CC2)nn1)n1nc(-c2cncc(C#N)n2)c2c(N)ncnc21. The normalized spacial score (nSPS) is 14.8. The lowest BCUT2D eigenvalue weighted by Gasteiger charge is -2.09. The molecule has 2 N–H and O–H groups in total. The molecule has 144 valence electrons. The maximum absolute atomic E-state index is 9.14. The van der Waals surface area contributed by atoms with Gasteiger partial charge in [-0.05, 0) is 25.7 Å². The number of aromatic nitrogens is 9. The Labute approximate surface area is 165 Å². The molecule has 0 bridgehead atoms. The van der Waals surface area contributed by atoms with Gasteiger partial charge in [-0.25, -0.2) is 19.6 Å². The maximum atomic E-state index is 9.14. The number of fused-ring (bicyclic) bond motifs is 1. The second kappa shape index (κ2) is 6.59. The van der Waals surface area contributed by atoms with Gasteiger partial charge in [0.15, 0.2) is 11.3 Å². The van der Waals surface area contributed by atoms with E-state index >= 15 is 0 Å². The van der Waals surface area contributed by atoms with E-state index in [-0.39, 0.29) is 17.6 Å². The van der Waals surface area contributed by atoms with Crippen molar-refractivity contribution < 1.29 is 0 Å². The standard InChI is InChI=1S/C18H17N11/c1-10(14-8-28(27-25-14)7-11-2-3-11)29-18-15(17(20)22-9-23-18)16(26-29)13-6-21-5-12(4-19)24-13/h5-6,8-11H,2-3,7H2,1H3,(H2,20,22,23). The van der Waals surface area contributed by atoms with Gasteiger partial charge in [0.05, 0.1) is 30.0 Å². The van der Waals surface area contributed by atoms with Gasteiger partial charge in [0.25, 0.3) is 0 Å². The summed E-state index contributed by atoms with van der Waals surface area (Å²) < 4.78 is 3.61. The lowest BCUT2D eigenvalue weighted by atomic mass is 10.2. The molecular formula is C18H17N11. The molecule has 29 heavy (non-hydrogen) atoms. The predicted octanol–water partition coefficient (Wildman–Crippen LogP) is 1.35. The van der Waals surface area contributed by atoms with E-state index in [1.165, 1.54) is 31.6 Å². The van der Waals surface area contributed by atoms with Gasteiger partial charge in [0.2, 0.25) is 0 Å². The van der Waals surface area contributed by atoms with Crippen molar-refractivity contribution in [1.29, 1.82) is 5.26 Å². The van der Waals surface area contributed by atoms with Crippen LogP contribution in [0.1, 0.15) is 37.2 Å². The minimum atomic E-state index is -0.236. The molecule has 1 unspecified atom stereocenters. The summed E-state index contributed by atoms with van der Waals surface area (Å²) in [5, 5.41) is 23.0. The van der Waals surface area contributed by atoms with Crippen LogP contribution in [-0.2, 0) is 6.54 Å². The van der Waals surface area contributed by atoms with Crippen molar-refractivity contribution in [3.05, 3.63) is 36.3 Å². The van der Waals surface area contributed by atoms with Crippen molar-refractivity contribution in [2.45, 2.75) is 32.4 Å². The molecule has 5 rings (SSSR count). The van der Waals surface area contributed by atoms with Crippen molar-refractivity contribution in [1.82, 2.24) is 44.7 Å². The third-order valence-corrected chi connectivity index (χ3v) is 5.00. The number of nitrogen functional groups attached to an aromatic ring is 1. The highest BCUT2D eigenvalue weighted by molar-refractivity contribution is 5.97. The minimum Gasteiger partial charge on any atom is -0.383 e. The Balaban J connectivity index is 1.61. The maximum Gasteiger partial charge on any atom is 0.164 e. The second-order valence-corrected chi connectivity index (χ2v) is 7.14. The predicted molar refractivity (Wildman–Crippen MR) is 102 cm³/mol. The summed E-state index contributed by atoms with van der Waals surface area (Å²) in [5.74, 6) is 0.987. The minimum absolute atomic E-state index is 0.191. The van der Waals surface area contributed by atoms with Crippen molar-refractivity contribution in [2.75, 3.05) is 5.73 Å². The number of hydrogen-bond donors (Lipinski definition) is 1. The highest BCUT2D eigenvalue weighted by Gasteiger charge is 2.25. The van der Waals surface area contributed by atoms with Gasteiger partial charge in [-0.15, -0.1) is 5.10 Å². The third kappa shape index (κ3) is 3.04. The van der Waals surface area contributed by atoms with Crippen LogP contribution < -0.4 is 5.73 Å². The summed E-state index contributed by atoms with van der Waals surface area (Å²) in [7, 11) is 0. The number of nitrogens with two attached hydrogens (primary N) is 1. The average molecular weight is 387 g/mol. The van der Waals surface area contributed by atoms with Crippen LogP contribution in [0.15, 0.2) is 24.9 Å². The van der Waals surface area contributed by atoms with Gasteiger partial charge < -0.3 is 5.73 Å². The highest BCUT2D eigenvalue weighted by atomic mass is 15.4. The number of nitrogens with zero attached hydrogens (tertiary/aromatic N) is 10. The lowest BCUT2D eigenvalue weighted by Crippen LogP contribution is -2.10. The van der Waals surface area contributed by atoms with E-state index in [0.717, 1.165) is 12.2 Å². The van der Waals surface area contributed by atoms with E-state index in [2.05, 4.69) is 30.2 Å². The van der Waals surface area contributed by atoms with E-state index in [1.807, 2.05) is 23.9 Å². The summed E-state index contributed by atoms with van der Waals surface area (Å²) in [4.78, 5) is 16.9. The quantitative estimate of drug-likeness (QED) is 0.535. The molecule has 1 aliphatic rings. The van der Waals surface area contributed by atoms with Crippen molar-refractivity contribution in [3.8, 4) is 17.5 Å². The van der Waals surface area contributed by atoms with Gasteiger partial charge in [-0.3, -0.25) is 9.67 Å². The largest absolute Gasteiger partial charge is 0.383 e. The van der Waals surface area contributed by atoms with Crippen LogP contribution >= 0.6 is 0 Å². The van der Waals surface area contributed by atoms with Gasteiger partial charge in [-0.2, -0.15) is 10.4 Å². The van der Waals surface area contributed by atoms with E-state index < -0.39 is 0 Å². The fourth-order valence-corrected chi connectivity index (χ4v) is 3.26.